The fourth-order valence-corrected chi connectivity index (χ4v) is 2.80. The van der Waals surface area contributed by atoms with Gasteiger partial charge in [0.05, 0.1) is 12.0 Å². The van der Waals surface area contributed by atoms with E-state index in [4.69, 9.17) is 0 Å². The molecule has 2 heterocycles. The predicted octanol–water partition coefficient (Wildman–Crippen LogP) is 1.83. The number of aromatic nitrogens is 3. The van der Waals surface area contributed by atoms with Crippen molar-refractivity contribution in [2.75, 3.05) is 5.75 Å². The maximum absolute atomic E-state index is 11.7. The number of imidazole rings is 1. The second-order valence-corrected chi connectivity index (χ2v) is 5.48. The molecule has 0 aliphatic carbocycles. The maximum atomic E-state index is 11.7. The van der Waals surface area contributed by atoms with Crippen LogP contribution in [0, 0.1) is 13.8 Å². The molecule has 0 aliphatic rings. The lowest BCUT2D eigenvalue weighted by molar-refractivity contribution is 0.470. The molecule has 5 nitrogen and oxygen atoms in total. The van der Waals surface area contributed by atoms with Gasteiger partial charge in [-0.3, -0.25) is 4.79 Å². The third-order valence-electron chi connectivity index (χ3n) is 2.95. The van der Waals surface area contributed by atoms with Gasteiger partial charge in [-0.15, -0.1) is 0 Å². The molecule has 0 aromatic carbocycles. The second-order valence-electron chi connectivity index (χ2n) is 4.37. The molecular formula is C13H17N3O2S. The van der Waals surface area contributed by atoms with Gasteiger partial charge in [-0.2, -0.15) is 11.8 Å². The number of pyridine rings is 1. The molecular weight excluding hydrogens is 262 g/mol. The molecule has 0 spiro atoms. The van der Waals surface area contributed by atoms with Gasteiger partial charge >= 0.3 is 0 Å². The first-order chi connectivity index (χ1) is 9.08. The number of aromatic hydroxyl groups is 1. The quantitative estimate of drug-likeness (QED) is 0.819. The largest absolute Gasteiger partial charge is 0.508 e. The number of rotatable bonds is 5. The molecule has 0 saturated carbocycles. The summed E-state index contributed by atoms with van der Waals surface area (Å²) in [5.74, 6) is 1.69. The van der Waals surface area contributed by atoms with E-state index < -0.39 is 0 Å². The molecule has 6 heteroatoms. The number of aromatic amines is 1. The lowest BCUT2D eigenvalue weighted by atomic mass is 10.3. The van der Waals surface area contributed by atoms with E-state index in [1.165, 1.54) is 6.07 Å². The Balaban J connectivity index is 1.90. The molecule has 0 saturated heterocycles. The Morgan fingerprint density at radius 3 is 2.84 bits per heavy atom. The molecule has 2 aromatic heterocycles. The van der Waals surface area contributed by atoms with E-state index in [1.807, 2.05) is 13.8 Å². The Morgan fingerprint density at radius 1 is 1.42 bits per heavy atom. The summed E-state index contributed by atoms with van der Waals surface area (Å²) in [6.07, 6.45) is 1.69. The van der Waals surface area contributed by atoms with E-state index in [0.717, 1.165) is 28.6 Å². The Kier molecular flexibility index (Phi) is 4.31. The molecule has 2 rings (SSSR count). The Hall–Kier alpha value is -1.69. The van der Waals surface area contributed by atoms with Crippen LogP contribution in [0.3, 0.4) is 0 Å². The van der Waals surface area contributed by atoms with Gasteiger partial charge in [0.2, 0.25) is 0 Å². The normalized spacial score (nSPS) is 10.8. The number of H-pyrrole nitrogens is 1. The SMILES string of the molecule is Cc1[nH]cnc1CSCCn1c(C)cc(O)cc1=O. The third-order valence-corrected chi connectivity index (χ3v) is 3.90. The highest BCUT2D eigenvalue weighted by Gasteiger charge is 2.04. The van der Waals surface area contributed by atoms with Crippen molar-refractivity contribution >= 4 is 11.8 Å². The summed E-state index contributed by atoms with van der Waals surface area (Å²) in [6, 6.07) is 2.85. The first-order valence-corrected chi connectivity index (χ1v) is 7.20. The number of thioether (sulfide) groups is 1. The Bertz CT molecular complexity index is 619. The molecule has 19 heavy (non-hydrogen) atoms. The standard InChI is InChI=1S/C13H17N3O2S/c1-9-5-11(17)6-13(18)16(9)3-4-19-7-12-10(2)14-8-15-12/h5-6,8,17H,3-4,7H2,1-2H3,(H,14,15). The van der Waals surface area contributed by atoms with E-state index in [9.17, 15) is 9.90 Å². The smallest absolute Gasteiger partial charge is 0.254 e. The lowest BCUT2D eigenvalue weighted by Crippen LogP contribution is -2.22. The van der Waals surface area contributed by atoms with Crippen LogP contribution in [0.2, 0.25) is 0 Å². The van der Waals surface area contributed by atoms with Crippen molar-refractivity contribution in [2.24, 2.45) is 0 Å². The zero-order valence-corrected chi connectivity index (χ0v) is 11.8. The minimum Gasteiger partial charge on any atom is -0.508 e. The molecule has 0 fully saturated rings. The lowest BCUT2D eigenvalue weighted by Gasteiger charge is -2.09. The molecule has 0 atom stereocenters. The topological polar surface area (TPSA) is 70.9 Å². The van der Waals surface area contributed by atoms with E-state index >= 15 is 0 Å². The van der Waals surface area contributed by atoms with Crippen molar-refractivity contribution in [1.29, 1.82) is 0 Å². The highest BCUT2D eigenvalue weighted by molar-refractivity contribution is 7.98. The van der Waals surface area contributed by atoms with Gasteiger partial charge in [-0.05, 0) is 19.9 Å². The maximum Gasteiger partial charge on any atom is 0.254 e. The van der Waals surface area contributed by atoms with E-state index in [-0.39, 0.29) is 11.3 Å². The highest BCUT2D eigenvalue weighted by Crippen LogP contribution is 2.13. The second kappa shape index (κ2) is 5.97. The highest BCUT2D eigenvalue weighted by atomic mass is 32.2. The zero-order chi connectivity index (χ0) is 13.8. The molecule has 0 aliphatic heterocycles. The van der Waals surface area contributed by atoms with Crippen LogP contribution in [0.4, 0.5) is 0 Å². The van der Waals surface area contributed by atoms with Gasteiger partial charge in [0.25, 0.3) is 5.56 Å². The summed E-state index contributed by atoms with van der Waals surface area (Å²) in [5.41, 5.74) is 2.76. The van der Waals surface area contributed by atoms with Crippen molar-refractivity contribution in [2.45, 2.75) is 26.1 Å². The Labute approximate surface area is 115 Å². The van der Waals surface area contributed by atoms with Crippen molar-refractivity contribution < 1.29 is 5.11 Å². The van der Waals surface area contributed by atoms with Gasteiger partial charge in [0.15, 0.2) is 0 Å². The molecule has 0 bridgehead atoms. The third kappa shape index (κ3) is 3.41. The van der Waals surface area contributed by atoms with Gasteiger partial charge in [-0.1, -0.05) is 0 Å². The average Bonchev–Trinajstić information content (AvgIpc) is 2.73. The van der Waals surface area contributed by atoms with Crippen LogP contribution < -0.4 is 5.56 Å². The molecule has 102 valence electrons. The number of hydrogen-bond donors (Lipinski definition) is 2. The van der Waals surface area contributed by atoms with E-state index in [1.54, 1.807) is 28.7 Å². The van der Waals surface area contributed by atoms with Crippen LogP contribution in [-0.4, -0.2) is 25.4 Å². The van der Waals surface area contributed by atoms with Crippen molar-refractivity contribution in [3.05, 3.63) is 45.9 Å². The van der Waals surface area contributed by atoms with Crippen LogP contribution in [-0.2, 0) is 12.3 Å². The van der Waals surface area contributed by atoms with Crippen molar-refractivity contribution in [3.8, 4) is 5.75 Å². The van der Waals surface area contributed by atoms with Crippen LogP contribution in [0.15, 0.2) is 23.3 Å². The average molecular weight is 279 g/mol. The van der Waals surface area contributed by atoms with Crippen molar-refractivity contribution in [3.63, 3.8) is 0 Å². The van der Waals surface area contributed by atoms with Gasteiger partial charge in [-0.25, -0.2) is 4.98 Å². The van der Waals surface area contributed by atoms with Crippen LogP contribution >= 0.6 is 11.8 Å². The molecule has 0 amide bonds. The first kappa shape index (κ1) is 13.7. The minimum atomic E-state index is -0.158. The molecule has 0 radical (unpaired) electrons. The summed E-state index contributed by atoms with van der Waals surface area (Å²) < 4.78 is 1.67. The van der Waals surface area contributed by atoms with Crippen LogP contribution in [0.25, 0.3) is 0 Å². The molecule has 2 aromatic rings. The van der Waals surface area contributed by atoms with Gasteiger partial charge < -0.3 is 14.7 Å². The van der Waals surface area contributed by atoms with Gasteiger partial charge in [0, 0.05) is 35.5 Å². The Morgan fingerprint density at radius 2 is 2.21 bits per heavy atom. The molecule has 2 N–H and O–H groups in total. The fraction of sp³-hybridized carbons (Fsp3) is 0.385. The zero-order valence-electron chi connectivity index (χ0n) is 11.0. The van der Waals surface area contributed by atoms with Crippen molar-refractivity contribution in [1.82, 2.24) is 14.5 Å². The summed E-state index contributed by atoms with van der Waals surface area (Å²) in [5, 5.41) is 9.32. The van der Waals surface area contributed by atoms with Gasteiger partial charge in [0.1, 0.15) is 5.75 Å². The number of nitrogens with zero attached hydrogens (tertiary/aromatic N) is 2. The van der Waals surface area contributed by atoms with Crippen LogP contribution in [0.5, 0.6) is 5.75 Å². The van der Waals surface area contributed by atoms with Crippen LogP contribution in [0.1, 0.15) is 17.1 Å². The summed E-state index contributed by atoms with van der Waals surface area (Å²) in [4.78, 5) is 19.0. The summed E-state index contributed by atoms with van der Waals surface area (Å²) in [6.45, 7) is 4.46. The summed E-state index contributed by atoms with van der Waals surface area (Å²) >= 11 is 1.74. The van der Waals surface area contributed by atoms with E-state index in [2.05, 4.69) is 9.97 Å². The fourth-order valence-electron chi connectivity index (χ4n) is 1.86. The monoisotopic (exact) mass is 279 g/mol. The molecule has 0 unspecified atom stereocenters. The summed E-state index contributed by atoms with van der Waals surface area (Å²) in [7, 11) is 0. The predicted molar refractivity (Wildman–Crippen MR) is 76.6 cm³/mol. The minimum absolute atomic E-state index is 0.0264. The number of hydrogen-bond acceptors (Lipinski definition) is 4. The number of aryl methyl sites for hydroxylation is 2. The first-order valence-electron chi connectivity index (χ1n) is 6.05. The number of nitrogens with one attached hydrogen (secondary N) is 1. The van der Waals surface area contributed by atoms with E-state index in [0.29, 0.717) is 6.54 Å².